The van der Waals surface area contributed by atoms with Gasteiger partial charge in [-0.25, -0.2) is 4.79 Å². The predicted octanol–water partition coefficient (Wildman–Crippen LogP) is 2.26. The van der Waals surface area contributed by atoms with Gasteiger partial charge >= 0.3 is 5.97 Å². The molecule has 0 aromatic carbocycles. The number of nitrogens with one attached hydrogen (secondary N) is 1. The standard InChI is InChI=1S/C13H18INO5/c1-3-18-11(16)10(12-19-7(2)20-12)8-4-5-9(6-8)15-13(14)17/h7,9,12H,3-6H2,1-2H3,(H,15,17)/b10-8+. The van der Waals surface area contributed by atoms with Crippen molar-refractivity contribution in [1.82, 2.24) is 5.32 Å². The van der Waals surface area contributed by atoms with E-state index < -0.39 is 6.29 Å². The molecule has 1 aliphatic heterocycles. The molecular formula is C13H18INO5. The minimum atomic E-state index is -0.631. The summed E-state index contributed by atoms with van der Waals surface area (Å²) in [6, 6.07) is 0.0660. The molecule has 20 heavy (non-hydrogen) atoms. The van der Waals surface area contributed by atoms with Gasteiger partial charge in [0.15, 0.2) is 12.6 Å². The zero-order valence-electron chi connectivity index (χ0n) is 11.5. The van der Waals surface area contributed by atoms with Gasteiger partial charge in [0.1, 0.15) is 0 Å². The van der Waals surface area contributed by atoms with E-state index in [1.165, 1.54) is 0 Å². The summed E-state index contributed by atoms with van der Waals surface area (Å²) in [5.41, 5.74) is 1.42. The van der Waals surface area contributed by atoms with Crippen LogP contribution in [0.5, 0.6) is 0 Å². The van der Waals surface area contributed by atoms with Crippen molar-refractivity contribution >= 4 is 32.5 Å². The highest BCUT2D eigenvalue weighted by molar-refractivity contribution is 14.1. The first-order valence-electron chi connectivity index (χ1n) is 6.67. The molecule has 2 rings (SSSR count). The first-order chi connectivity index (χ1) is 9.51. The molecule has 1 aliphatic carbocycles. The molecule has 1 heterocycles. The molecule has 1 N–H and O–H groups in total. The Morgan fingerprint density at radius 2 is 2.15 bits per heavy atom. The molecule has 1 amide bonds. The third-order valence-electron chi connectivity index (χ3n) is 3.35. The van der Waals surface area contributed by atoms with Crippen molar-refractivity contribution in [2.24, 2.45) is 0 Å². The van der Waals surface area contributed by atoms with Gasteiger partial charge in [0.25, 0.3) is 3.91 Å². The van der Waals surface area contributed by atoms with E-state index in [0.717, 1.165) is 18.4 Å². The molecule has 1 unspecified atom stereocenters. The molecule has 0 aromatic rings. The van der Waals surface area contributed by atoms with Crippen molar-refractivity contribution < 1.29 is 23.8 Å². The van der Waals surface area contributed by atoms with Gasteiger partial charge in [0.2, 0.25) is 0 Å². The molecule has 7 heteroatoms. The lowest BCUT2D eigenvalue weighted by Crippen LogP contribution is -2.43. The summed E-state index contributed by atoms with van der Waals surface area (Å²) in [5, 5.41) is 2.86. The van der Waals surface area contributed by atoms with E-state index in [-0.39, 0.29) is 22.2 Å². The molecule has 1 saturated heterocycles. The molecule has 1 saturated carbocycles. The number of hydrogen-bond donors (Lipinski definition) is 1. The fourth-order valence-corrected chi connectivity index (χ4v) is 2.93. The van der Waals surface area contributed by atoms with Crippen LogP contribution < -0.4 is 5.32 Å². The molecule has 112 valence electrons. The van der Waals surface area contributed by atoms with Crippen LogP contribution in [0.1, 0.15) is 33.1 Å². The third kappa shape index (κ3) is 3.70. The largest absolute Gasteiger partial charge is 0.462 e. The molecule has 0 spiro atoms. The van der Waals surface area contributed by atoms with E-state index in [4.69, 9.17) is 14.2 Å². The highest BCUT2D eigenvalue weighted by Gasteiger charge is 2.38. The Labute approximate surface area is 131 Å². The Morgan fingerprint density at radius 1 is 1.45 bits per heavy atom. The van der Waals surface area contributed by atoms with Gasteiger partial charge in [-0.3, -0.25) is 4.79 Å². The van der Waals surface area contributed by atoms with E-state index in [2.05, 4.69) is 5.32 Å². The van der Waals surface area contributed by atoms with Crippen LogP contribution in [-0.2, 0) is 19.0 Å². The Kier molecular flexibility index (Phi) is 5.39. The average Bonchev–Trinajstić information content (AvgIpc) is 2.75. The summed E-state index contributed by atoms with van der Waals surface area (Å²) in [4.78, 5) is 23.1. The second-order valence-electron chi connectivity index (χ2n) is 4.77. The van der Waals surface area contributed by atoms with Crippen molar-refractivity contribution in [2.75, 3.05) is 6.61 Å². The summed E-state index contributed by atoms with van der Waals surface area (Å²) in [5.74, 6) is -0.388. The lowest BCUT2D eigenvalue weighted by Gasteiger charge is -2.35. The van der Waals surface area contributed by atoms with Crippen molar-refractivity contribution in [2.45, 2.75) is 51.7 Å². The monoisotopic (exact) mass is 395 g/mol. The number of hydrogen-bond acceptors (Lipinski definition) is 5. The Hall–Kier alpha value is -0.670. The molecule has 1 atom stereocenters. The van der Waals surface area contributed by atoms with Crippen LogP contribution in [0.3, 0.4) is 0 Å². The van der Waals surface area contributed by atoms with Crippen LogP contribution in [0.25, 0.3) is 0 Å². The SMILES string of the molecule is CCOC(=O)/C(=C1/CCC(NC(=O)I)C1)C1OC(C)O1. The van der Waals surface area contributed by atoms with Gasteiger partial charge in [-0.15, -0.1) is 0 Å². The lowest BCUT2D eigenvalue weighted by molar-refractivity contribution is -0.358. The third-order valence-corrected chi connectivity index (χ3v) is 3.66. The number of esters is 1. The fraction of sp³-hybridized carbons (Fsp3) is 0.692. The lowest BCUT2D eigenvalue weighted by atomic mass is 10.1. The second-order valence-corrected chi connectivity index (χ2v) is 5.75. The summed E-state index contributed by atoms with van der Waals surface area (Å²) in [6.07, 6.45) is 1.27. The average molecular weight is 395 g/mol. The quantitative estimate of drug-likeness (QED) is 0.260. The Morgan fingerprint density at radius 3 is 2.70 bits per heavy atom. The van der Waals surface area contributed by atoms with E-state index in [1.54, 1.807) is 36.4 Å². The summed E-state index contributed by atoms with van der Waals surface area (Å²) in [7, 11) is 0. The van der Waals surface area contributed by atoms with Gasteiger partial charge in [-0.2, -0.15) is 0 Å². The molecule has 2 fully saturated rings. The summed E-state index contributed by atoms with van der Waals surface area (Å²) in [6.45, 7) is 3.85. The Balaban J connectivity index is 2.11. The fourth-order valence-electron chi connectivity index (χ4n) is 2.49. The highest BCUT2D eigenvalue weighted by Crippen LogP contribution is 2.34. The number of carbonyl (C=O) groups excluding carboxylic acids is 2. The van der Waals surface area contributed by atoms with E-state index in [0.29, 0.717) is 18.6 Å². The predicted molar refractivity (Wildman–Crippen MR) is 79.3 cm³/mol. The van der Waals surface area contributed by atoms with Crippen LogP contribution in [0.15, 0.2) is 11.1 Å². The van der Waals surface area contributed by atoms with Crippen LogP contribution in [0.4, 0.5) is 4.79 Å². The molecular weight excluding hydrogens is 377 g/mol. The van der Waals surface area contributed by atoms with E-state index >= 15 is 0 Å². The maximum Gasteiger partial charge on any atom is 0.339 e. The number of carbonyl (C=O) groups is 2. The van der Waals surface area contributed by atoms with Crippen molar-refractivity contribution in [1.29, 1.82) is 0 Å². The maximum absolute atomic E-state index is 12.1. The van der Waals surface area contributed by atoms with Crippen molar-refractivity contribution in [3.05, 3.63) is 11.1 Å². The summed E-state index contributed by atoms with van der Waals surface area (Å²) >= 11 is 1.71. The normalized spacial score (nSPS) is 31.4. The topological polar surface area (TPSA) is 73.9 Å². The van der Waals surface area contributed by atoms with E-state index in [9.17, 15) is 9.59 Å². The van der Waals surface area contributed by atoms with Crippen LogP contribution >= 0.6 is 22.6 Å². The first-order valence-corrected chi connectivity index (χ1v) is 7.75. The molecule has 0 radical (unpaired) electrons. The molecule has 2 aliphatic rings. The highest BCUT2D eigenvalue weighted by atomic mass is 127. The van der Waals surface area contributed by atoms with Gasteiger partial charge in [-0.1, -0.05) is 5.57 Å². The smallest absolute Gasteiger partial charge is 0.339 e. The van der Waals surface area contributed by atoms with Gasteiger partial charge in [0.05, 0.1) is 12.2 Å². The van der Waals surface area contributed by atoms with Gasteiger partial charge in [0, 0.05) is 28.6 Å². The molecule has 0 aromatic heterocycles. The number of ether oxygens (including phenoxy) is 3. The van der Waals surface area contributed by atoms with Gasteiger partial charge < -0.3 is 19.5 Å². The van der Waals surface area contributed by atoms with Gasteiger partial charge in [-0.05, 0) is 33.1 Å². The minimum absolute atomic E-state index is 0.0660. The number of rotatable bonds is 4. The van der Waals surface area contributed by atoms with Crippen molar-refractivity contribution in [3.63, 3.8) is 0 Å². The summed E-state index contributed by atoms with van der Waals surface area (Å²) < 4.78 is 15.8. The zero-order valence-corrected chi connectivity index (χ0v) is 13.6. The van der Waals surface area contributed by atoms with Crippen LogP contribution in [-0.4, -0.2) is 35.1 Å². The number of amides is 1. The van der Waals surface area contributed by atoms with Crippen LogP contribution in [0.2, 0.25) is 0 Å². The minimum Gasteiger partial charge on any atom is -0.462 e. The molecule has 0 bridgehead atoms. The number of halogens is 1. The second kappa shape index (κ2) is 6.86. The van der Waals surface area contributed by atoms with Crippen molar-refractivity contribution in [3.8, 4) is 0 Å². The maximum atomic E-state index is 12.1. The molecule has 6 nitrogen and oxygen atoms in total. The van der Waals surface area contributed by atoms with Crippen LogP contribution in [0, 0.1) is 0 Å². The first kappa shape index (κ1) is 15.7. The van der Waals surface area contributed by atoms with E-state index in [1.807, 2.05) is 0 Å². The Bertz CT molecular complexity index is 430. The zero-order chi connectivity index (χ0) is 14.7.